The van der Waals surface area contributed by atoms with E-state index in [1.165, 1.54) is 12.1 Å². The van der Waals surface area contributed by atoms with E-state index in [1.54, 1.807) is 18.5 Å². The van der Waals surface area contributed by atoms with Gasteiger partial charge in [-0.1, -0.05) is 30.3 Å². The zero-order valence-electron chi connectivity index (χ0n) is 11.2. The Kier molecular flexibility index (Phi) is 3.60. The number of fused-ring (bicyclic) bond motifs is 1. The number of aromatic nitrogens is 1. The molecule has 1 heterocycles. The van der Waals surface area contributed by atoms with Crippen molar-refractivity contribution >= 4 is 22.4 Å². The number of hydrogen-bond acceptors (Lipinski definition) is 2. The SMILES string of the molecule is O=C(Cc1ccccc1)Nc1cc(F)cc2cnccc12. The predicted molar refractivity (Wildman–Crippen MR) is 80.5 cm³/mol. The van der Waals surface area contributed by atoms with Crippen LogP contribution >= 0.6 is 0 Å². The van der Waals surface area contributed by atoms with Gasteiger partial charge in [0.25, 0.3) is 0 Å². The maximum absolute atomic E-state index is 13.6. The number of nitrogens with one attached hydrogen (secondary N) is 1. The molecule has 0 aliphatic carbocycles. The molecule has 21 heavy (non-hydrogen) atoms. The van der Waals surface area contributed by atoms with Gasteiger partial charge in [-0.3, -0.25) is 9.78 Å². The zero-order chi connectivity index (χ0) is 14.7. The van der Waals surface area contributed by atoms with Crippen molar-refractivity contribution in [2.24, 2.45) is 0 Å². The van der Waals surface area contributed by atoms with E-state index in [0.717, 1.165) is 10.9 Å². The van der Waals surface area contributed by atoms with E-state index in [9.17, 15) is 9.18 Å². The summed E-state index contributed by atoms with van der Waals surface area (Å²) in [4.78, 5) is 16.1. The lowest BCUT2D eigenvalue weighted by Crippen LogP contribution is -2.14. The Morgan fingerprint density at radius 1 is 1.14 bits per heavy atom. The van der Waals surface area contributed by atoms with Gasteiger partial charge < -0.3 is 5.32 Å². The van der Waals surface area contributed by atoms with Crippen LogP contribution in [-0.4, -0.2) is 10.9 Å². The normalized spacial score (nSPS) is 10.5. The van der Waals surface area contributed by atoms with Crippen LogP contribution in [0.1, 0.15) is 5.56 Å². The van der Waals surface area contributed by atoms with Crippen LogP contribution in [0.2, 0.25) is 0 Å². The van der Waals surface area contributed by atoms with Crippen molar-refractivity contribution in [3.63, 3.8) is 0 Å². The summed E-state index contributed by atoms with van der Waals surface area (Å²) in [5.74, 6) is -0.574. The first-order valence-electron chi connectivity index (χ1n) is 6.59. The molecular formula is C17H13FN2O. The Morgan fingerprint density at radius 3 is 2.76 bits per heavy atom. The van der Waals surface area contributed by atoms with Crippen LogP contribution in [0, 0.1) is 5.82 Å². The summed E-state index contributed by atoms with van der Waals surface area (Å²) in [5, 5.41) is 4.20. The lowest BCUT2D eigenvalue weighted by Gasteiger charge is -2.09. The van der Waals surface area contributed by atoms with Crippen molar-refractivity contribution < 1.29 is 9.18 Å². The monoisotopic (exact) mass is 280 g/mol. The third-order valence-electron chi connectivity index (χ3n) is 3.20. The van der Waals surface area contributed by atoms with Crippen LogP contribution in [0.3, 0.4) is 0 Å². The maximum atomic E-state index is 13.6. The minimum Gasteiger partial charge on any atom is -0.325 e. The Balaban J connectivity index is 1.86. The average Bonchev–Trinajstić information content (AvgIpc) is 2.48. The van der Waals surface area contributed by atoms with Crippen molar-refractivity contribution in [3.05, 3.63) is 72.3 Å². The van der Waals surface area contributed by atoms with Crippen molar-refractivity contribution in [1.29, 1.82) is 0 Å². The quantitative estimate of drug-likeness (QED) is 0.797. The molecule has 3 aromatic rings. The number of hydrogen-bond donors (Lipinski definition) is 1. The number of amides is 1. The van der Waals surface area contributed by atoms with E-state index < -0.39 is 5.82 Å². The highest BCUT2D eigenvalue weighted by atomic mass is 19.1. The molecule has 1 amide bonds. The molecule has 0 bridgehead atoms. The van der Waals surface area contributed by atoms with Gasteiger partial charge >= 0.3 is 0 Å². The average molecular weight is 280 g/mol. The van der Waals surface area contributed by atoms with Crippen LogP contribution in [0.4, 0.5) is 10.1 Å². The highest BCUT2D eigenvalue weighted by Gasteiger charge is 2.08. The first-order valence-corrected chi connectivity index (χ1v) is 6.59. The number of nitrogens with zero attached hydrogens (tertiary/aromatic N) is 1. The molecule has 0 radical (unpaired) electrons. The Hall–Kier alpha value is -2.75. The van der Waals surface area contributed by atoms with E-state index in [0.29, 0.717) is 11.1 Å². The summed E-state index contributed by atoms with van der Waals surface area (Å²) in [5.41, 5.74) is 1.38. The van der Waals surface area contributed by atoms with Crippen molar-refractivity contribution in [2.45, 2.75) is 6.42 Å². The number of pyridine rings is 1. The standard InChI is InChI=1S/C17H13FN2O/c18-14-9-13-11-19-7-6-15(13)16(10-14)20-17(21)8-12-4-2-1-3-5-12/h1-7,9-11H,8H2,(H,20,21). The maximum Gasteiger partial charge on any atom is 0.228 e. The van der Waals surface area contributed by atoms with Gasteiger partial charge in [-0.2, -0.15) is 0 Å². The summed E-state index contributed by atoms with van der Waals surface area (Å²) in [6.07, 6.45) is 3.45. The largest absolute Gasteiger partial charge is 0.325 e. The van der Waals surface area contributed by atoms with E-state index in [4.69, 9.17) is 0 Å². The fraction of sp³-hybridized carbons (Fsp3) is 0.0588. The molecule has 0 atom stereocenters. The topological polar surface area (TPSA) is 42.0 Å². The van der Waals surface area contributed by atoms with Crippen LogP contribution in [0.5, 0.6) is 0 Å². The summed E-state index contributed by atoms with van der Waals surface area (Å²) >= 11 is 0. The fourth-order valence-electron chi connectivity index (χ4n) is 2.25. The molecular weight excluding hydrogens is 267 g/mol. The molecule has 3 rings (SSSR count). The van der Waals surface area contributed by atoms with Gasteiger partial charge in [0.05, 0.1) is 12.1 Å². The molecule has 3 nitrogen and oxygen atoms in total. The van der Waals surface area contributed by atoms with Crippen LogP contribution in [0.25, 0.3) is 10.8 Å². The first-order chi connectivity index (χ1) is 10.2. The molecule has 0 aliphatic rings. The molecule has 0 aliphatic heterocycles. The lowest BCUT2D eigenvalue weighted by atomic mass is 10.1. The van der Waals surface area contributed by atoms with Gasteiger partial charge in [0.2, 0.25) is 5.91 Å². The Labute approximate surface area is 121 Å². The van der Waals surface area contributed by atoms with Crippen LogP contribution < -0.4 is 5.32 Å². The van der Waals surface area contributed by atoms with E-state index in [2.05, 4.69) is 10.3 Å². The summed E-state index contributed by atoms with van der Waals surface area (Å²) in [6.45, 7) is 0. The number of halogens is 1. The zero-order valence-corrected chi connectivity index (χ0v) is 11.2. The third kappa shape index (κ3) is 3.05. The molecule has 4 heteroatoms. The van der Waals surface area contributed by atoms with Crippen molar-refractivity contribution in [3.8, 4) is 0 Å². The second kappa shape index (κ2) is 5.71. The number of benzene rings is 2. The van der Waals surface area contributed by atoms with E-state index in [1.807, 2.05) is 30.3 Å². The van der Waals surface area contributed by atoms with Gasteiger partial charge in [0, 0.05) is 23.2 Å². The van der Waals surface area contributed by atoms with Crippen LogP contribution in [0.15, 0.2) is 60.9 Å². The fourth-order valence-corrected chi connectivity index (χ4v) is 2.25. The van der Waals surface area contributed by atoms with Crippen LogP contribution in [-0.2, 0) is 11.2 Å². The third-order valence-corrected chi connectivity index (χ3v) is 3.20. The summed E-state index contributed by atoms with van der Waals surface area (Å²) < 4.78 is 13.6. The minimum absolute atomic E-state index is 0.176. The van der Waals surface area contributed by atoms with Gasteiger partial charge in [-0.05, 0) is 23.8 Å². The number of anilines is 1. The smallest absolute Gasteiger partial charge is 0.228 e. The first kappa shape index (κ1) is 13.2. The molecule has 1 N–H and O–H groups in total. The Morgan fingerprint density at radius 2 is 1.95 bits per heavy atom. The van der Waals surface area contributed by atoms with Gasteiger partial charge in [0.1, 0.15) is 5.82 Å². The molecule has 0 spiro atoms. The molecule has 0 fully saturated rings. The summed E-state index contributed by atoms with van der Waals surface area (Å²) in [6, 6.07) is 13.9. The second-order valence-electron chi connectivity index (χ2n) is 4.76. The van der Waals surface area contributed by atoms with Gasteiger partial charge in [-0.15, -0.1) is 0 Å². The Bertz CT molecular complexity index is 787. The molecule has 0 saturated carbocycles. The van der Waals surface area contributed by atoms with E-state index >= 15 is 0 Å². The van der Waals surface area contributed by atoms with Gasteiger partial charge in [-0.25, -0.2) is 4.39 Å². The molecule has 0 unspecified atom stereocenters. The predicted octanol–water partition coefficient (Wildman–Crippen LogP) is 3.56. The highest BCUT2D eigenvalue weighted by Crippen LogP contribution is 2.24. The number of carbonyl (C=O) groups is 1. The molecule has 2 aromatic carbocycles. The summed E-state index contributed by atoms with van der Waals surface area (Å²) in [7, 11) is 0. The number of rotatable bonds is 3. The lowest BCUT2D eigenvalue weighted by molar-refractivity contribution is -0.115. The number of carbonyl (C=O) groups excluding carboxylic acids is 1. The molecule has 0 saturated heterocycles. The second-order valence-corrected chi connectivity index (χ2v) is 4.76. The highest BCUT2D eigenvalue weighted by molar-refractivity contribution is 6.02. The van der Waals surface area contributed by atoms with Crippen molar-refractivity contribution in [1.82, 2.24) is 4.98 Å². The van der Waals surface area contributed by atoms with E-state index in [-0.39, 0.29) is 12.3 Å². The molecule has 104 valence electrons. The molecule has 1 aromatic heterocycles. The van der Waals surface area contributed by atoms with Crippen molar-refractivity contribution in [2.75, 3.05) is 5.32 Å². The van der Waals surface area contributed by atoms with Gasteiger partial charge in [0.15, 0.2) is 0 Å². The minimum atomic E-state index is -0.398.